The van der Waals surface area contributed by atoms with E-state index in [0.717, 1.165) is 11.1 Å². The molecule has 1 aromatic rings. The lowest BCUT2D eigenvalue weighted by atomic mass is 10.1. The highest BCUT2D eigenvalue weighted by Crippen LogP contribution is 2.06. The number of amides is 1. The van der Waals surface area contributed by atoms with Crippen molar-refractivity contribution in [2.24, 2.45) is 11.7 Å². The Labute approximate surface area is 101 Å². The summed E-state index contributed by atoms with van der Waals surface area (Å²) in [6, 6.07) is 7.92. The molecule has 0 aliphatic heterocycles. The molecule has 0 heterocycles. The summed E-state index contributed by atoms with van der Waals surface area (Å²) in [4.78, 5) is 11.8. The third-order valence-corrected chi connectivity index (χ3v) is 2.89. The van der Waals surface area contributed by atoms with Crippen molar-refractivity contribution in [2.45, 2.75) is 20.4 Å². The summed E-state index contributed by atoms with van der Waals surface area (Å²) in [7, 11) is 0. The highest BCUT2D eigenvalue weighted by molar-refractivity contribution is 7.80. The zero-order valence-electron chi connectivity index (χ0n) is 9.49. The summed E-state index contributed by atoms with van der Waals surface area (Å²) < 4.78 is 0. The Morgan fingerprint density at radius 3 is 2.69 bits per heavy atom. The maximum absolute atomic E-state index is 11.6. The molecular weight excluding hydrogens is 220 g/mol. The predicted octanol–water partition coefficient (Wildman–Crippen LogP) is 1.53. The first-order valence-electron chi connectivity index (χ1n) is 5.14. The van der Waals surface area contributed by atoms with E-state index in [4.69, 9.17) is 18.0 Å². The quantitative estimate of drug-likeness (QED) is 0.780. The largest absolute Gasteiger partial charge is 0.393 e. The summed E-state index contributed by atoms with van der Waals surface area (Å²) >= 11 is 4.77. The fraction of sp³-hybridized carbons (Fsp3) is 0.333. The third-order valence-electron chi connectivity index (χ3n) is 2.53. The number of carbonyl (C=O) groups is 1. The number of benzene rings is 1. The highest BCUT2D eigenvalue weighted by Gasteiger charge is 2.14. The lowest BCUT2D eigenvalue weighted by molar-refractivity contribution is -0.122. The molecule has 1 aromatic carbocycles. The van der Waals surface area contributed by atoms with E-state index in [2.05, 4.69) is 5.32 Å². The number of rotatable bonds is 4. The zero-order valence-corrected chi connectivity index (χ0v) is 10.3. The van der Waals surface area contributed by atoms with Crippen molar-refractivity contribution in [1.29, 1.82) is 0 Å². The van der Waals surface area contributed by atoms with Gasteiger partial charge in [-0.1, -0.05) is 36.5 Å². The minimum absolute atomic E-state index is 0.129. The van der Waals surface area contributed by atoms with Gasteiger partial charge in [0.25, 0.3) is 0 Å². The second kappa shape index (κ2) is 5.61. The Bertz CT molecular complexity index is 404. The maximum atomic E-state index is 11.6. The van der Waals surface area contributed by atoms with Gasteiger partial charge in [-0.25, -0.2) is 0 Å². The van der Waals surface area contributed by atoms with E-state index >= 15 is 0 Å². The van der Waals surface area contributed by atoms with E-state index in [1.807, 2.05) is 31.2 Å². The number of carbonyl (C=O) groups excluding carboxylic acids is 1. The molecular formula is C12H16N2OS. The molecule has 1 amide bonds. The van der Waals surface area contributed by atoms with Crippen LogP contribution in [-0.2, 0) is 11.3 Å². The van der Waals surface area contributed by atoms with Gasteiger partial charge in [0.2, 0.25) is 5.91 Å². The zero-order chi connectivity index (χ0) is 12.1. The maximum Gasteiger partial charge on any atom is 0.229 e. The molecule has 16 heavy (non-hydrogen) atoms. The Kier molecular flexibility index (Phi) is 4.43. The van der Waals surface area contributed by atoms with Crippen LogP contribution in [0.4, 0.5) is 0 Å². The Morgan fingerprint density at radius 1 is 1.50 bits per heavy atom. The van der Waals surface area contributed by atoms with Gasteiger partial charge in [0.15, 0.2) is 0 Å². The molecule has 3 N–H and O–H groups in total. The molecule has 0 bridgehead atoms. The van der Waals surface area contributed by atoms with Crippen LogP contribution in [0.25, 0.3) is 0 Å². The van der Waals surface area contributed by atoms with Gasteiger partial charge in [-0.3, -0.25) is 4.79 Å². The topological polar surface area (TPSA) is 55.1 Å². The standard InChI is InChI=1S/C12H16N2OS/c1-8-5-3-4-6-10(8)7-14-12(15)9(2)11(13)16/h3-6,9H,7H2,1-2H3,(H2,13,16)(H,14,15). The lowest BCUT2D eigenvalue weighted by Gasteiger charge is -2.11. The van der Waals surface area contributed by atoms with Gasteiger partial charge in [0.05, 0.1) is 10.9 Å². The predicted molar refractivity (Wildman–Crippen MR) is 69.0 cm³/mol. The van der Waals surface area contributed by atoms with Gasteiger partial charge in [0.1, 0.15) is 0 Å². The van der Waals surface area contributed by atoms with Crippen LogP contribution in [0.2, 0.25) is 0 Å². The summed E-state index contributed by atoms with van der Waals surface area (Å²) in [6.45, 7) is 4.23. The van der Waals surface area contributed by atoms with Crippen molar-refractivity contribution < 1.29 is 4.79 Å². The Hall–Kier alpha value is -1.42. The minimum Gasteiger partial charge on any atom is -0.393 e. The molecule has 0 radical (unpaired) electrons. The van der Waals surface area contributed by atoms with E-state index in [0.29, 0.717) is 6.54 Å². The van der Waals surface area contributed by atoms with Gasteiger partial charge in [-0.2, -0.15) is 0 Å². The molecule has 0 aliphatic carbocycles. The molecule has 0 fully saturated rings. The fourth-order valence-corrected chi connectivity index (χ4v) is 1.38. The van der Waals surface area contributed by atoms with Crippen molar-refractivity contribution in [3.8, 4) is 0 Å². The Balaban J connectivity index is 2.56. The van der Waals surface area contributed by atoms with Crippen LogP contribution in [0.1, 0.15) is 18.1 Å². The van der Waals surface area contributed by atoms with Crippen molar-refractivity contribution >= 4 is 23.1 Å². The van der Waals surface area contributed by atoms with Gasteiger partial charge in [-0.15, -0.1) is 0 Å². The van der Waals surface area contributed by atoms with Crippen LogP contribution in [0.3, 0.4) is 0 Å². The van der Waals surface area contributed by atoms with Gasteiger partial charge in [0, 0.05) is 6.54 Å². The first-order valence-corrected chi connectivity index (χ1v) is 5.54. The molecule has 0 saturated carbocycles. The number of hydrogen-bond donors (Lipinski definition) is 2. The molecule has 4 heteroatoms. The third kappa shape index (κ3) is 3.31. The lowest BCUT2D eigenvalue weighted by Crippen LogP contribution is -2.35. The second-order valence-electron chi connectivity index (χ2n) is 3.77. The monoisotopic (exact) mass is 236 g/mol. The van der Waals surface area contributed by atoms with E-state index in [-0.39, 0.29) is 10.9 Å². The highest BCUT2D eigenvalue weighted by atomic mass is 32.1. The van der Waals surface area contributed by atoms with Crippen LogP contribution >= 0.6 is 12.2 Å². The van der Waals surface area contributed by atoms with Crippen molar-refractivity contribution in [2.75, 3.05) is 0 Å². The number of nitrogens with two attached hydrogens (primary N) is 1. The van der Waals surface area contributed by atoms with Crippen LogP contribution < -0.4 is 11.1 Å². The fourth-order valence-electron chi connectivity index (χ4n) is 1.27. The molecule has 0 aliphatic rings. The number of nitrogens with one attached hydrogen (secondary N) is 1. The molecule has 1 unspecified atom stereocenters. The first kappa shape index (κ1) is 12.6. The summed E-state index contributed by atoms with van der Waals surface area (Å²) in [5.41, 5.74) is 7.67. The van der Waals surface area contributed by atoms with Crippen molar-refractivity contribution in [3.05, 3.63) is 35.4 Å². The van der Waals surface area contributed by atoms with Crippen molar-refractivity contribution in [1.82, 2.24) is 5.32 Å². The number of thiocarbonyl (C=S) groups is 1. The van der Waals surface area contributed by atoms with Gasteiger partial charge < -0.3 is 11.1 Å². The first-order chi connectivity index (χ1) is 7.52. The summed E-state index contributed by atoms with van der Waals surface area (Å²) in [5, 5.41) is 2.81. The average Bonchev–Trinajstić information content (AvgIpc) is 2.26. The van der Waals surface area contributed by atoms with Crippen molar-refractivity contribution in [3.63, 3.8) is 0 Å². The van der Waals surface area contributed by atoms with E-state index in [1.54, 1.807) is 6.92 Å². The normalized spacial score (nSPS) is 11.9. The number of aryl methyl sites for hydroxylation is 1. The molecule has 0 spiro atoms. The average molecular weight is 236 g/mol. The summed E-state index contributed by atoms with van der Waals surface area (Å²) in [5.74, 6) is -0.547. The second-order valence-corrected chi connectivity index (χ2v) is 4.24. The molecule has 1 atom stereocenters. The van der Waals surface area contributed by atoms with E-state index in [1.165, 1.54) is 0 Å². The number of hydrogen-bond acceptors (Lipinski definition) is 2. The summed E-state index contributed by atoms with van der Waals surface area (Å²) in [6.07, 6.45) is 0. The van der Waals surface area contributed by atoms with E-state index < -0.39 is 5.92 Å². The van der Waals surface area contributed by atoms with Crippen LogP contribution in [0, 0.1) is 12.8 Å². The molecule has 0 saturated heterocycles. The minimum atomic E-state index is -0.418. The SMILES string of the molecule is Cc1ccccc1CNC(=O)C(C)C(N)=S. The molecule has 1 rings (SSSR count). The van der Waals surface area contributed by atoms with Gasteiger partial charge in [-0.05, 0) is 25.0 Å². The van der Waals surface area contributed by atoms with Gasteiger partial charge >= 0.3 is 0 Å². The Morgan fingerprint density at radius 2 is 2.12 bits per heavy atom. The molecule has 0 aromatic heterocycles. The molecule has 86 valence electrons. The smallest absolute Gasteiger partial charge is 0.229 e. The van der Waals surface area contributed by atoms with E-state index in [9.17, 15) is 4.79 Å². The van der Waals surface area contributed by atoms with Crippen LogP contribution in [-0.4, -0.2) is 10.9 Å². The van der Waals surface area contributed by atoms with Crippen LogP contribution in [0.15, 0.2) is 24.3 Å². The molecule has 3 nitrogen and oxygen atoms in total. The van der Waals surface area contributed by atoms with Crippen LogP contribution in [0.5, 0.6) is 0 Å².